The van der Waals surface area contributed by atoms with Gasteiger partial charge in [0.15, 0.2) is 0 Å². The maximum Gasteiger partial charge on any atom is 0.404 e. The molecule has 0 saturated carbocycles. The second-order valence-corrected chi connectivity index (χ2v) is 0.752. The molecule has 10 heavy (non-hydrogen) atoms. The van der Waals surface area contributed by atoms with Crippen molar-refractivity contribution in [3.05, 3.63) is 0 Å². The van der Waals surface area contributed by atoms with Crippen LogP contribution in [0.3, 0.4) is 0 Å². The van der Waals surface area contributed by atoms with E-state index in [4.69, 9.17) is 0 Å². The number of amides is 1. The molecule has 0 rings (SSSR count). The predicted molar refractivity (Wildman–Crippen MR) is 35.7 cm³/mol. The number of ether oxygens (including phenoxy) is 1. The Labute approximate surface area is 58.0 Å². The van der Waals surface area contributed by atoms with E-state index in [-0.39, 0.29) is 21.9 Å². The highest BCUT2D eigenvalue weighted by molar-refractivity contribution is 5.64. The SMILES string of the molecule is CCOC(N)=O.O.O.O.O. The lowest BCUT2D eigenvalue weighted by Gasteiger charge is -1.89. The van der Waals surface area contributed by atoms with Crippen molar-refractivity contribution < 1.29 is 31.4 Å². The van der Waals surface area contributed by atoms with E-state index in [2.05, 4.69) is 10.5 Å². The number of carbonyl (C=O) groups excluding carboxylic acids is 1. The van der Waals surface area contributed by atoms with E-state index in [0.717, 1.165) is 0 Å². The molecular formula is C3H15NO6. The Bertz CT molecular complexity index is 57.0. The largest absolute Gasteiger partial charge is 0.450 e. The maximum absolute atomic E-state index is 9.60. The molecule has 68 valence electrons. The van der Waals surface area contributed by atoms with Crippen molar-refractivity contribution in [1.29, 1.82) is 0 Å². The first-order valence-corrected chi connectivity index (χ1v) is 1.69. The monoisotopic (exact) mass is 161 g/mol. The summed E-state index contributed by atoms with van der Waals surface area (Å²) in [5.74, 6) is 0. The molecule has 0 aliphatic rings. The van der Waals surface area contributed by atoms with Crippen LogP contribution in [-0.4, -0.2) is 34.6 Å². The first-order valence-electron chi connectivity index (χ1n) is 1.69. The summed E-state index contributed by atoms with van der Waals surface area (Å²) in [6.07, 6.45) is -0.711. The number of hydrogen-bond donors (Lipinski definition) is 1. The first kappa shape index (κ1) is 35.5. The zero-order valence-corrected chi connectivity index (χ0v) is 5.60. The topological polar surface area (TPSA) is 178 Å². The fourth-order valence-corrected chi connectivity index (χ4v) is 0.142. The fourth-order valence-electron chi connectivity index (χ4n) is 0.142. The van der Waals surface area contributed by atoms with Gasteiger partial charge in [-0.25, -0.2) is 4.79 Å². The molecule has 0 aromatic carbocycles. The Hall–Kier alpha value is -0.890. The van der Waals surface area contributed by atoms with Crippen LogP contribution in [0.4, 0.5) is 4.79 Å². The van der Waals surface area contributed by atoms with Crippen molar-refractivity contribution in [1.82, 2.24) is 0 Å². The minimum Gasteiger partial charge on any atom is -0.450 e. The van der Waals surface area contributed by atoms with Gasteiger partial charge in [-0.05, 0) is 6.92 Å². The molecule has 0 aromatic rings. The van der Waals surface area contributed by atoms with Crippen molar-refractivity contribution in [2.75, 3.05) is 6.61 Å². The summed E-state index contributed by atoms with van der Waals surface area (Å²) in [4.78, 5) is 9.60. The molecule has 0 bridgehead atoms. The molecular weight excluding hydrogens is 146 g/mol. The van der Waals surface area contributed by atoms with Crippen molar-refractivity contribution in [3.63, 3.8) is 0 Å². The number of carbonyl (C=O) groups is 1. The predicted octanol–water partition coefficient (Wildman–Crippen LogP) is -3.20. The third kappa shape index (κ3) is 59.6. The van der Waals surface area contributed by atoms with Gasteiger partial charge in [0, 0.05) is 0 Å². The number of rotatable bonds is 1. The van der Waals surface area contributed by atoms with Gasteiger partial charge in [0.2, 0.25) is 0 Å². The molecule has 0 fully saturated rings. The minimum absolute atomic E-state index is 0. The second-order valence-electron chi connectivity index (χ2n) is 0.752. The smallest absolute Gasteiger partial charge is 0.404 e. The van der Waals surface area contributed by atoms with E-state index in [9.17, 15) is 4.79 Å². The quantitative estimate of drug-likeness (QED) is 0.425. The van der Waals surface area contributed by atoms with Crippen LogP contribution in [0.1, 0.15) is 6.92 Å². The van der Waals surface area contributed by atoms with Crippen LogP contribution < -0.4 is 5.73 Å². The van der Waals surface area contributed by atoms with E-state index in [0.29, 0.717) is 6.61 Å². The van der Waals surface area contributed by atoms with Gasteiger partial charge in [0.05, 0.1) is 6.61 Å². The Kier molecular flexibility index (Phi) is 86.1. The highest BCUT2D eigenvalue weighted by atomic mass is 16.5. The van der Waals surface area contributed by atoms with E-state index in [1.807, 2.05) is 0 Å². The molecule has 0 saturated heterocycles. The molecule has 7 nitrogen and oxygen atoms in total. The third-order valence-electron chi connectivity index (χ3n) is 0.287. The van der Waals surface area contributed by atoms with Crippen LogP contribution in [0.2, 0.25) is 0 Å². The Morgan fingerprint density at radius 3 is 1.60 bits per heavy atom. The van der Waals surface area contributed by atoms with Crippen LogP contribution >= 0.6 is 0 Å². The van der Waals surface area contributed by atoms with E-state index in [1.165, 1.54) is 0 Å². The molecule has 0 spiro atoms. The van der Waals surface area contributed by atoms with E-state index < -0.39 is 6.09 Å². The average Bonchev–Trinajstić information content (AvgIpc) is 1.35. The lowest BCUT2D eigenvalue weighted by Crippen LogP contribution is -2.11. The number of hydrogen-bond acceptors (Lipinski definition) is 2. The van der Waals surface area contributed by atoms with Crippen molar-refractivity contribution in [2.45, 2.75) is 6.92 Å². The Morgan fingerprint density at radius 2 is 1.60 bits per heavy atom. The van der Waals surface area contributed by atoms with Gasteiger partial charge in [-0.1, -0.05) is 0 Å². The summed E-state index contributed by atoms with van der Waals surface area (Å²) >= 11 is 0. The normalized spacial score (nSPS) is 4.50. The Morgan fingerprint density at radius 1 is 1.30 bits per heavy atom. The highest BCUT2D eigenvalue weighted by Crippen LogP contribution is 1.66. The lowest BCUT2D eigenvalue weighted by atomic mass is 10.9. The zero-order chi connectivity index (χ0) is 4.99. The number of nitrogens with two attached hydrogens (primary N) is 1. The van der Waals surface area contributed by atoms with Crippen molar-refractivity contribution >= 4 is 6.09 Å². The summed E-state index contributed by atoms with van der Waals surface area (Å²) in [6.45, 7) is 2.06. The Balaban J connectivity index is -0.0000000208. The van der Waals surface area contributed by atoms with Gasteiger partial charge >= 0.3 is 6.09 Å². The standard InChI is InChI=1S/C3H7NO2.4H2O/c1-2-6-3(4)5;;;;/h2H2,1H3,(H2,4,5);4*1H2. The fraction of sp³-hybridized carbons (Fsp3) is 0.667. The van der Waals surface area contributed by atoms with E-state index in [1.54, 1.807) is 6.92 Å². The molecule has 0 aliphatic carbocycles. The van der Waals surface area contributed by atoms with Crippen molar-refractivity contribution in [2.24, 2.45) is 5.73 Å². The molecule has 0 aliphatic heterocycles. The summed E-state index contributed by atoms with van der Waals surface area (Å²) < 4.78 is 4.18. The van der Waals surface area contributed by atoms with Gasteiger partial charge < -0.3 is 32.4 Å². The van der Waals surface area contributed by atoms with Crippen LogP contribution in [0.25, 0.3) is 0 Å². The third-order valence-corrected chi connectivity index (χ3v) is 0.287. The molecule has 0 heterocycles. The van der Waals surface area contributed by atoms with Crippen LogP contribution in [0.15, 0.2) is 0 Å². The van der Waals surface area contributed by atoms with Gasteiger partial charge in [-0.15, -0.1) is 0 Å². The van der Waals surface area contributed by atoms with Gasteiger partial charge in [-0.2, -0.15) is 0 Å². The lowest BCUT2D eigenvalue weighted by molar-refractivity contribution is 0.163. The maximum atomic E-state index is 9.60. The summed E-state index contributed by atoms with van der Waals surface area (Å²) in [5.41, 5.74) is 4.54. The second kappa shape index (κ2) is 24.3. The minimum atomic E-state index is -0.711. The first-order chi connectivity index (χ1) is 2.77. The van der Waals surface area contributed by atoms with Crippen molar-refractivity contribution in [3.8, 4) is 0 Å². The summed E-state index contributed by atoms with van der Waals surface area (Å²) in [5, 5.41) is 0. The highest BCUT2D eigenvalue weighted by Gasteiger charge is 1.82. The molecule has 1 amide bonds. The molecule has 10 N–H and O–H groups in total. The van der Waals surface area contributed by atoms with Gasteiger partial charge in [-0.3, -0.25) is 0 Å². The average molecular weight is 161 g/mol. The van der Waals surface area contributed by atoms with E-state index >= 15 is 0 Å². The van der Waals surface area contributed by atoms with Crippen LogP contribution in [-0.2, 0) is 4.74 Å². The van der Waals surface area contributed by atoms with Crippen LogP contribution in [0, 0.1) is 0 Å². The summed E-state index contributed by atoms with van der Waals surface area (Å²) in [6, 6.07) is 0. The molecule has 0 aromatic heterocycles. The van der Waals surface area contributed by atoms with Gasteiger partial charge in [0.1, 0.15) is 0 Å². The molecule has 7 heteroatoms. The molecule has 0 unspecified atom stereocenters. The molecule has 0 atom stereocenters. The van der Waals surface area contributed by atoms with Crippen LogP contribution in [0.5, 0.6) is 0 Å². The summed E-state index contributed by atoms with van der Waals surface area (Å²) in [7, 11) is 0. The zero-order valence-electron chi connectivity index (χ0n) is 5.60. The van der Waals surface area contributed by atoms with Gasteiger partial charge in [0.25, 0.3) is 0 Å². The molecule has 0 radical (unpaired) electrons. The number of primary amides is 1.